The summed E-state index contributed by atoms with van der Waals surface area (Å²) < 4.78 is 0. The van der Waals surface area contributed by atoms with Crippen molar-refractivity contribution in [3.05, 3.63) is 0 Å². The Morgan fingerprint density at radius 3 is 2.40 bits per heavy atom. The molecule has 1 saturated carbocycles. The standard InChI is InChI=1S/C18H36N2/c1-4-15(3)13-18(5-2,14-19)20-12-8-11-17(20)16-9-6-7-10-16/h15-17H,4-14,19H2,1-3H3. The summed E-state index contributed by atoms with van der Waals surface area (Å²) in [6.45, 7) is 9.22. The third-order valence-corrected chi connectivity index (χ3v) is 6.32. The molecule has 2 N–H and O–H groups in total. The number of nitrogens with zero attached hydrogens (tertiary/aromatic N) is 1. The van der Waals surface area contributed by atoms with Crippen LogP contribution in [0, 0.1) is 11.8 Å². The van der Waals surface area contributed by atoms with Gasteiger partial charge in [-0.15, -0.1) is 0 Å². The van der Waals surface area contributed by atoms with E-state index in [1.165, 1.54) is 64.3 Å². The molecule has 1 aliphatic heterocycles. The first-order valence-corrected chi connectivity index (χ1v) is 9.13. The molecule has 118 valence electrons. The van der Waals surface area contributed by atoms with E-state index in [4.69, 9.17) is 5.73 Å². The Morgan fingerprint density at radius 2 is 1.85 bits per heavy atom. The van der Waals surface area contributed by atoms with E-state index in [0.717, 1.165) is 24.4 Å². The highest BCUT2D eigenvalue weighted by Crippen LogP contribution is 2.41. The molecule has 2 rings (SSSR count). The van der Waals surface area contributed by atoms with Crippen molar-refractivity contribution in [2.24, 2.45) is 17.6 Å². The lowest BCUT2D eigenvalue weighted by molar-refractivity contribution is 0.0321. The Morgan fingerprint density at radius 1 is 1.15 bits per heavy atom. The van der Waals surface area contributed by atoms with Crippen molar-refractivity contribution in [1.29, 1.82) is 0 Å². The Kier molecular flexibility index (Phi) is 5.92. The maximum Gasteiger partial charge on any atom is 0.0334 e. The van der Waals surface area contributed by atoms with Crippen molar-refractivity contribution in [1.82, 2.24) is 4.90 Å². The van der Waals surface area contributed by atoms with Gasteiger partial charge in [0, 0.05) is 18.1 Å². The first kappa shape index (κ1) is 16.3. The highest BCUT2D eigenvalue weighted by Gasteiger charge is 2.44. The van der Waals surface area contributed by atoms with Crippen molar-refractivity contribution in [3.8, 4) is 0 Å². The second-order valence-electron chi connectivity index (χ2n) is 7.45. The largest absolute Gasteiger partial charge is 0.329 e. The van der Waals surface area contributed by atoms with Gasteiger partial charge in [0.1, 0.15) is 0 Å². The molecule has 0 aromatic carbocycles. The summed E-state index contributed by atoms with van der Waals surface area (Å²) >= 11 is 0. The summed E-state index contributed by atoms with van der Waals surface area (Å²) in [7, 11) is 0. The second kappa shape index (κ2) is 7.26. The molecule has 2 aliphatic rings. The van der Waals surface area contributed by atoms with E-state index in [2.05, 4.69) is 25.7 Å². The molecule has 1 saturated heterocycles. The summed E-state index contributed by atoms with van der Waals surface area (Å²) in [6, 6.07) is 0.838. The second-order valence-corrected chi connectivity index (χ2v) is 7.45. The zero-order valence-electron chi connectivity index (χ0n) is 14.0. The topological polar surface area (TPSA) is 29.3 Å². The summed E-state index contributed by atoms with van der Waals surface area (Å²) in [5.41, 5.74) is 6.60. The van der Waals surface area contributed by atoms with E-state index in [1.807, 2.05) is 0 Å². The number of hydrogen-bond acceptors (Lipinski definition) is 2. The molecule has 0 aromatic rings. The molecule has 2 heteroatoms. The van der Waals surface area contributed by atoms with Crippen LogP contribution in [-0.4, -0.2) is 29.6 Å². The van der Waals surface area contributed by atoms with Crippen LogP contribution in [0.25, 0.3) is 0 Å². The summed E-state index contributed by atoms with van der Waals surface area (Å²) in [5.74, 6) is 1.76. The molecule has 1 aliphatic carbocycles. The Balaban J connectivity index is 2.13. The summed E-state index contributed by atoms with van der Waals surface area (Å²) in [5, 5.41) is 0. The van der Waals surface area contributed by atoms with Crippen LogP contribution in [0.1, 0.15) is 78.6 Å². The van der Waals surface area contributed by atoms with Gasteiger partial charge in [0.2, 0.25) is 0 Å². The lowest BCUT2D eigenvalue weighted by Crippen LogP contribution is -2.57. The van der Waals surface area contributed by atoms with E-state index in [0.29, 0.717) is 0 Å². The van der Waals surface area contributed by atoms with E-state index in [-0.39, 0.29) is 5.54 Å². The van der Waals surface area contributed by atoms with Crippen LogP contribution in [0.5, 0.6) is 0 Å². The van der Waals surface area contributed by atoms with Gasteiger partial charge in [-0.05, 0) is 56.9 Å². The predicted octanol–water partition coefficient (Wildman–Crippen LogP) is 4.18. The van der Waals surface area contributed by atoms with Gasteiger partial charge in [0.15, 0.2) is 0 Å². The minimum Gasteiger partial charge on any atom is -0.329 e. The first-order valence-electron chi connectivity index (χ1n) is 9.13. The average molecular weight is 280 g/mol. The van der Waals surface area contributed by atoms with Gasteiger partial charge in [-0.25, -0.2) is 0 Å². The molecule has 2 nitrogen and oxygen atoms in total. The average Bonchev–Trinajstić information content (AvgIpc) is 3.14. The lowest BCUT2D eigenvalue weighted by atomic mass is 9.81. The van der Waals surface area contributed by atoms with E-state index >= 15 is 0 Å². The number of rotatable bonds is 7. The van der Waals surface area contributed by atoms with Gasteiger partial charge in [0.25, 0.3) is 0 Å². The van der Waals surface area contributed by atoms with Crippen molar-refractivity contribution >= 4 is 0 Å². The SMILES string of the molecule is CCC(C)CC(CC)(CN)N1CCCC1C1CCCC1. The molecule has 3 atom stereocenters. The fraction of sp³-hybridized carbons (Fsp3) is 1.00. The maximum atomic E-state index is 6.32. The van der Waals surface area contributed by atoms with Gasteiger partial charge >= 0.3 is 0 Å². The lowest BCUT2D eigenvalue weighted by Gasteiger charge is -2.47. The molecule has 20 heavy (non-hydrogen) atoms. The van der Waals surface area contributed by atoms with Crippen molar-refractivity contribution < 1.29 is 0 Å². The highest BCUT2D eigenvalue weighted by molar-refractivity contribution is 5.00. The van der Waals surface area contributed by atoms with E-state index < -0.39 is 0 Å². The predicted molar refractivity (Wildman–Crippen MR) is 87.8 cm³/mol. The number of nitrogens with two attached hydrogens (primary N) is 1. The van der Waals surface area contributed by atoms with Crippen molar-refractivity contribution in [2.45, 2.75) is 90.1 Å². The maximum absolute atomic E-state index is 6.32. The van der Waals surface area contributed by atoms with Crippen LogP contribution in [-0.2, 0) is 0 Å². The zero-order chi connectivity index (χ0) is 14.6. The number of likely N-dealkylation sites (tertiary alicyclic amines) is 1. The molecule has 2 fully saturated rings. The van der Waals surface area contributed by atoms with E-state index in [1.54, 1.807) is 0 Å². The van der Waals surface area contributed by atoms with Crippen LogP contribution in [0.3, 0.4) is 0 Å². The third-order valence-electron chi connectivity index (χ3n) is 6.32. The minimum absolute atomic E-state index is 0.277. The quantitative estimate of drug-likeness (QED) is 0.758. The van der Waals surface area contributed by atoms with Gasteiger partial charge in [-0.1, -0.05) is 40.0 Å². The molecule has 1 heterocycles. The van der Waals surface area contributed by atoms with E-state index in [9.17, 15) is 0 Å². The van der Waals surface area contributed by atoms with Gasteiger partial charge in [-0.2, -0.15) is 0 Å². The third kappa shape index (κ3) is 3.22. The van der Waals surface area contributed by atoms with Crippen molar-refractivity contribution in [2.75, 3.05) is 13.1 Å². The van der Waals surface area contributed by atoms with Gasteiger partial charge in [-0.3, -0.25) is 4.90 Å². The molecular weight excluding hydrogens is 244 g/mol. The summed E-state index contributed by atoms with van der Waals surface area (Å²) in [4.78, 5) is 2.87. The van der Waals surface area contributed by atoms with Crippen LogP contribution in [0.4, 0.5) is 0 Å². The zero-order valence-corrected chi connectivity index (χ0v) is 14.0. The first-order chi connectivity index (χ1) is 9.66. The fourth-order valence-electron chi connectivity index (χ4n) is 4.82. The van der Waals surface area contributed by atoms with Crippen LogP contribution < -0.4 is 5.73 Å². The molecule has 0 aromatic heterocycles. The molecular formula is C18H36N2. The Labute approximate surface area is 126 Å². The minimum atomic E-state index is 0.277. The normalized spacial score (nSPS) is 29.7. The van der Waals surface area contributed by atoms with Gasteiger partial charge < -0.3 is 5.73 Å². The van der Waals surface area contributed by atoms with Gasteiger partial charge in [0.05, 0.1) is 0 Å². The van der Waals surface area contributed by atoms with Crippen LogP contribution >= 0.6 is 0 Å². The Hall–Kier alpha value is -0.0800. The molecule has 3 unspecified atom stereocenters. The highest BCUT2D eigenvalue weighted by atomic mass is 15.3. The molecule has 0 radical (unpaired) electrons. The number of hydrogen-bond donors (Lipinski definition) is 1. The van der Waals surface area contributed by atoms with Crippen LogP contribution in [0.2, 0.25) is 0 Å². The molecule has 0 amide bonds. The monoisotopic (exact) mass is 280 g/mol. The summed E-state index contributed by atoms with van der Waals surface area (Å²) in [6.07, 6.45) is 12.5. The fourth-order valence-corrected chi connectivity index (χ4v) is 4.82. The van der Waals surface area contributed by atoms with Crippen molar-refractivity contribution in [3.63, 3.8) is 0 Å². The Bertz CT molecular complexity index is 279. The van der Waals surface area contributed by atoms with Crippen LogP contribution in [0.15, 0.2) is 0 Å². The molecule has 0 spiro atoms. The molecule has 0 bridgehead atoms. The smallest absolute Gasteiger partial charge is 0.0334 e.